The van der Waals surface area contributed by atoms with E-state index in [9.17, 15) is 8.42 Å². The molecule has 0 saturated heterocycles. The largest absolute Gasteiger partial charge is 0.250 e. The van der Waals surface area contributed by atoms with E-state index in [4.69, 9.17) is 0 Å². The molecule has 0 radical (unpaired) electrons. The minimum atomic E-state index is -3.28. The molecule has 0 spiro atoms. The number of rotatable bonds is 6. The number of aromatic nitrogens is 1. The van der Waals surface area contributed by atoms with Gasteiger partial charge in [0.15, 0.2) is 0 Å². The highest BCUT2D eigenvalue weighted by molar-refractivity contribution is 7.88. The van der Waals surface area contributed by atoms with Gasteiger partial charge in [-0.2, -0.15) is 0 Å². The standard InChI is InChI=1S/C14H18N2O2S2/c1-11-4-3-5-13(8-11)9-20(17,18)16-7-6-14-12(2)15-10-19-14/h3-5,8,10,16H,6-7,9H2,1-2H3. The molecular formula is C14H18N2O2S2. The maximum atomic E-state index is 12.0. The van der Waals surface area contributed by atoms with E-state index in [1.54, 1.807) is 16.8 Å². The summed E-state index contributed by atoms with van der Waals surface area (Å²) in [6.45, 7) is 4.31. The Kier molecular flexibility index (Phi) is 4.91. The molecule has 0 bridgehead atoms. The van der Waals surface area contributed by atoms with Crippen LogP contribution >= 0.6 is 11.3 Å². The summed E-state index contributed by atoms with van der Waals surface area (Å²) in [7, 11) is -3.28. The van der Waals surface area contributed by atoms with Crippen LogP contribution in [0.15, 0.2) is 29.8 Å². The molecular weight excluding hydrogens is 292 g/mol. The lowest BCUT2D eigenvalue weighted by Gasteiger charge is -2.07. The van der Waals surface area contributed by atoms with Crippen LogP contribution in [0.4, 0.5) is 0 Å². The third-order valence-corrected chi connectivity index (χ3v) is 5.31. The summed E-state index contributed by atoms with van der Waals surface area (Å²) in [6.07, 6.45) is 0.684. The van der Waals surface area contributed by atoms with E-state index in [1.165, 1.54) is 0 Å². The lowest BCUT2D eigenvalue weighted by molar-refractivity contribution is 0.581. The molecule has 0 unspecified atom stereocenters. The second-order valence-corrected chi connectivity index (χ2v) is 7.50. The molecule has 6 heteroatoms. The Balaban J connectivity index is 1.90. The Morgan fingerprint density at radius 2 is 2.10 bits per heavy atom. The Morgan fingerprint density at radius 3 is 2.75 bits per heavy atom. The Morgan fingerprint density at radius 1 is 1.30 bits per heavy atom. The molecule has 0 aliphatic rings. The molecule has 0 fully saturated rings. The number of sulfonamides is 1. The van der Waals surface area contributed by atoms with Crippen LogP contribution < -0.4 is 4.72 Å². The first-order valence-electron chi connectivity index (χ1n) is 6.38. The second kappa shape index (κ2) is 6.47. The van der Waals surface area contributed by atoms with Crippen LogP contribution in [0.1, 0.15) is 21.7 Å². The predicted octanol–water partition coefficient (Wildman–Crippen LogP) is 2.42. The van der Waals surface area contributed by atoms with E-state index < -0.39 is 10.0 Å². The smallest absolute Gasteiger partial charge is 0.215 e. The molecule has 2 aromatic rings. The third-order valence-electron chi connectivity index (χ3n) is 2.96. The van der Waals surface area contributed by atoms with E-state index in [0.29, 0.717) is 13.0 Å². The van der Waals surface area contributed by atoms with Crippen LogP contribution in [0.3, 0.4) is 0 Å². The van der Waals surface area contributed by atoms with E-state index in [0.717, 1.165) is 21.7 Å². The van der Waals surface area contributed by atoms with Crippen LogP contribution in [-0.2, 0) is 22.2 Å². The van der Waals surface area contributed by atoms with Gasteiger partial charge in [0, 0.05) is 11.4 Å². The fraction of sp³-hybridized carbons (Fsp3) is 0.357. The Hall–Kier alpha value is -1.24. The number of thiazole rings is 1. The topological polar surface area (TPSA) is 59.1 Å². The van der Waals surface area contributed by atoms with Crippen molar-refractivity contribution in [1.82, 2.24) is 9.71 Å². The molecule has 108 valence electrons. The van der Waals surface area contributed by atoms with Gasteiger partial charge in [-0.1, -0.05) is 29.8 Å². The number of hydrogen-bond acceptors (Lipinski definition) is 4. The first kappa shape index (κ1) is 15.2. The number of benzene rings is 1. The number of nitrogens with one attached hydrogen (secondary N) is 1. The highest BCUT2D eigenvalue weighted by Crippen LogP contribution is 2.12. The van der Waals surface area contributed by atoms with Crippen LogP contribution in [-0.4, -0.2) is 19.9 Å². The molecule has 1 aromatic carbocycles. The summed E-state index contributed by atoms with van der Waals surface area (Å²) in [6, 6.07) is 7.56. The van der Waals surface area contributed by atoms with Gasteiger partial charge in [-0.05, 0) is 25.8 Å². The molecule has 0 aliphatic heterocycles. The summed E-state index contributed by atoms with van der Waals surface area (Å²) in [5, 5.41) is 0. The van der Waals surface area contributed by atoms with Gasteiger partial charge in [0.1, 0.15) is 0 Å². The Bertz CT molecular complexity index is 678. The van der Waals surface area contributed by atoms with Crippen LogP contribution in [0.25, 0.3) is 0 Å². The molecule has 1 N–H and O–H groups in total. The fourth-order valence-electron chi connectivity index (χ4n) is 1.96. The molecule has 1 aromatic heterocycles. The average Bonchev–Trinajstić information content (AvgIpc) is 2.74. The van der Waals surface area contributed by atoms with E-state index in [-0.39, 0.29) is 5.75 Å². The number of nitrogens with zero attached hydrogens (tertiary/aromatic N) is 1. The summed E-state index contributed by atoms with van der Waals surface area (Å²) >= 11 is 1.56. The van der Waals surface area contributed by atoms with Crippen LogP contribution in [0, 0.1) is 13.8 Å². The van der Waals surface area contributed by atoms with Gasteiger partial charge in [0.2, 0.25) is 10.0 Å². The van der Waals surface area contributed by atoms with Crippen molar-refractivity contribution < 1.29 is 8.42 Å². The molecule has 2 rings (SSSR count). The van der Waals surface area contributed by atoms with Crippen molar-refractivity contribution in [2.45, 2.75) is 26.0 Å². The zero-order chi connectivity index (χ0) is 14.6. The molecule has 20 heavy (non-hydrogen) atoms. The molecule has 0 aliphatic carbocycles. The van der Waals surface area contributed by atoms with Crippen LogP contribution in [0.2, 0.25) is 0 Å². The molecule has 1 heterocycles. The normalized spacial score (nSPS) is 11.7. The van der Waals surface area contributed by atoms with Gasteiger partial charge in [0.25, 0.3) is 0 Å². The molecule has 0 amide bonds. The zero-order valence-electron chi connectivity index (χ0n) is 11.6. The summed E-state index contributed by atoms with van der Waals surface area (Å²) < 4.78 is 26.6. The zero-order valence-corrected chi connectivity index (χ0v) is 13.2. The highest BCUT2D eigenvalue weighted by Gasteiger charge is 2.11. The van der Waals surface area contributed by atoms with Crippen molar-refractivity contribution in [2.24, 2.45) is 0 Å². The van der Waals surface area contributed by atoms with Gasteiger partial charge in [-0.25, -0.2) is 18.1 Å². The number of aryl methyl sites for hydroxylation is 2. The SMILES string of the molecule is Cc1cccc(CS(=O)(=O)NCCc2scnc2C)c1. The summed E-state index contributed by atoms with van der Waals surface area (Å²) in [4.78, 5) is 5.28. The van der Waals surface area contributed by atoms with E-state index in [2.05, 4.69) is 9.71 Å². The molecule has 0 saturated carbocycles. The quantitative estimate of drug-likeness (QED) is 0.891. The minimum Gasteiger partial charge on any atom is -0.250 e. The summed E-state index contributed by atoms with van der Waals surface area (Å²) in [5.41, 5.74) is 4.64. The molecule has 4 nitrogen and oxygen atoms in total. The maximum Gasteiger partial charge on any atom is 0.215 e. The van der Waals surface area contributed by atoms with Crippen molar-refractivity contribution in [1.29, 1.82) is 0 Å². The minimum absolute atomic E-state index is 0.0242. The first-order valence-corrected chi connectivity index (χ1v) is 8.91. The lowest BCUT2D eigenvalue weighted by atomic mass is 10.2. The van der Waals surface area contributed by atoms with Crippen molar-refractivity contribution >= 4 is 21.4 Å². The van der Waals surface area contributed by atoms with Crippen molar-refractivity contribution in [3.05, 3.63) is 51.5 Å². The lowest BCUT2D eigenvalue weighted by Crippen LogP contribution is -2.27. The van der Waals surface area contributed by atoms with E-state index >= 15 is 0 Å². The number of hydrogen-bond donors (Lipinski definition) is 1. The summed E-state index contributed by atoms with van der Waals surface area (Å²) in [5.74, 6) is 0.0242. The van der Waals surface area contributed by atoms with Gasteiger partial charge in [0.05, 0.1) is 17.0 Å². The van der Waals surface area contributed by atoms with E-state index in [1.807, 2.05) is 38.1 Å². The maximum absolute atomic E-state index is 12.0. The Labute approximate surface area is 123 Å². The van der Waals surface area contributed by atoms with Crippen molar-refractivity contribution in [3.63, 3.8) is 0 Å². The molecule has 0 atom stereocenters. The van der Waals surface area contributed by atoms with Gasteiger partial charge in [-0.3, -0.25) is 0 Å². The van der Waals surface area contributed by atoms with Crippen LogP contribution in [0.5, 0.6) is 0 Å². The third kappa shape index (κ3) is 4.40. The van der Waals surface area contributed by atoms with Gasteiger partial charge < -0.3 is 0 Å². The first-order chi connectivity index (χ1) is 9.46. The van der Waals surface area contributed by atoms with Crippen molar-refractivity contribution in [2.75, 3.05) is 6.54 Å². The second-order valence-electron chi connectivity index (χ2n) is 4.75. The fourth-order valence-corrected chi connectivity index (χ4v) is 3.87. The predicted molar refractivity (Wildman–Crippen MR) is 82.4 cm³/mol. The average molecular weight is 310 g/mol. The monoisotopic (exact) mass is 310 g/mol. The van der Waals surface area contributed by atoms with Gasteiger partial charge >= 0.3 is 0 Å². The van der Waals surface area contributed by atoms with Crippen molar-refractivity contribution in [3.8, 4) is 0 Å². The highest BCUT2D eigenvalue weighted by atomic mass is 32.2. The van der Waals surface area contributed by atoms with Gasteiger partial charge in [-0.15, -0.1) is 11.3 Å².